The van der Waals surface area contributed by atoms with Crippen LogP contribution in [0.3, 0.4) is 0 Å². The zero-order valence-electron chi connectivity index (χ0n) is 16.8. The Bertz CT molecular complexity index is 983. The molecule has 1 aliphatic heterocycles. The maximum Gasteiger partial charge on any atom is 0.268 e. The van der Waals surface area contributed by atoms with Gasteiger partial charge in [0.2, 0.25) is 5.91 Å². The summed E-state index contributed by atoms with van der Waals surface area (Å²) in [6, 6.07) is 22.7. The summed E-state index contributed by atoms with van der Waals surface area (Å²) in [4.78, 5) is 33.7. The Morgan fingerprint density at radius 1 is 1.00 bits per heavy atom. The number of rotatable bonds is 6. The highest BCUT2D eigenvalue weighted by Crippen LogP contribution is 2.33. The number of fused-ring (bicyclic) bond motifs is 1. The molecule has 6 heteroatoms. The quantitative estimate of drug-likeness (QED) is 0.635. The van der Waals surface area contributed by atoms with E-state index in [1.54, 1.807) is 24.1 Å². The van der Waals surface area contributed by atoms with Gasteiger partial charge < -0.3 is 9.64 Å². The van der Waals surface area contributed by atoms with Crippen LogP contribution < -0.4 is 9.64 Å². The number of hydrogen-bond donors (Lipinski definition) is 0. The van der Waals surface area contributed by atoms with Crippen LogP contribution in [0.1, 0.15) is 18.2 Å². The number of para-hydroxylation sites is 2. The fourth-order valence-electron chi connectivity index (χ4n) is 3.48. The average molecular weight is 401 g/mol. The van der Waals surface area contributed by atoms with Gasteiger partial charge in [0.05, 0.1) is 17.9 Å². The van der Waals surface area contributed by atoms with Crippen molar-refractivity contribution in [1.29, 1.82) is 0 Å². The van der Waals surface area contributed by atoms with Crippen molar-refractivity contribution in [2.24, 2.45) is 0 Å². The summed E-state index contributed by atoms with van der Waals surface area (Å²) in [6.07, 6.45) is 1.08. The Labute approximate surface area is 175 Å². The molecular weight excluding hydrogens is 378 g/mol. The van der Waals surface area contributed by atoms with Crippen molar-refractivity contribution >= 4 is 17.5 Å². The average Bonchev–Trinajstić information content (AvgIpc) is 2.78. The van der Waals surface area contributed by atoms with E-state index in [1.165, 1.54) is 4.90 Å². The van der Waals surface area contributed by atoms with Crippen molar-refractivity contribution in [3.8, 4) is 5.75 Å². The predicted octanol–water partition coefficient (Wildman–Crippen LogP) is 3.42. The number of nitrogens with zero attached hydrogens (tertiary/aromatic N) is 3. The molecule has 6 nitrogen and oxygen atoms in total. The topological polar surface area (TPSA) is 62.7 Å². The molecule has 0 saturated carbocycles. The summed E-state index contributed by atoms with van der Waals surface area (Å²) < 4.78 is 5.68. The van der Waals surface area contributed by atoms with Gasteiger partial charge in [-0.2, -0.15) is 0 Å². The normalized spacial score (nSPS) is 15.3. The molecule has 3 aromatic rings. The zero-order chi connectivity index (χ0) is 20.9. The van der Waals surface area contributed by atoms with E-state index < -0.39 is 6.10 Å². The molecule has 1 atom stereocenters. The van der Waals surface area contributed by atoms with Crippen LogP contribution in [-0.4, -0.2) is 34.3 Å². The van der Waals surface area contributed by atoms with Gasteiger partial charge in [-0.15, -0.1) is 0 Å². The Morgan fingerprint density at radius 3 is 2.50 bits per heavy atom. The van der Waals surface area contributed by atoms with Crippen molar-refractivity contribution in [1.82, 2.24) is 9.88 Å². The van der Waals surface area contributed by atoms with Crippen LogP contribution >= 0.6 is 0 Å². The number of benzene rings is 2. The zero-order valence-corrected chi connectivity index (χ0v) is 16.8. The van der Waals surface area contributed by atoms with Gasteiger partial charge in [-0.3, -0.25) is 19.5 Å². The first kappa shape index (κ1) is 19.6. The molecule has 2 aromatic carbocycles. The molecule has 4 rings (SSSR count). The second kappa shape index (κ2) is 8.78. The first-order valence-electron chi connectivity index (χ1n) is 9.90. The van der Waals surface area contributed by atoms with Gasteiger partial charge in [0.15, 0.2) is 6.10 Å². The Hall–Kier alpha value is -3.67. The van der Waals surface area contributed by atoms with Crippen LogP contribution in [0.5, 0.6) is 5.75 Å². The summed E-state index contributed by atoms with van der Waals surface area (Å²) in [6.45, 7) is 2.45. The minimum absolute atomic E-state index is 0.0524. The highest BCUT2D eigenvalue weighted by molar-refractivity contribution is 6.03. The van der Waals surface area contributed by atoms with Crippen LogP contribution in [0.2, 0.25) is 0 Å². The van der Waals surface area contributed by atoms with Crippen LogP contribution in [0.4, 0.5) is 5.69 Å². The van der Waals surface area contributed by atoms with Crippen molar-refractivity contribution < 1.29 is 14.3 Å². The van der Waals surface area contributed by atoms with Crippen molar-refractivity contribution in [2.75, 3.05) is 11.4 Å². The second-order valence-corrected chi connectivity index (χ2v) is 7.21. The van der Waals surface area contributed by atoms with Gasteiger partial charge in [0, 0.05) is 12.7 Å². The number of amides is 2. The van der Waals surface area contributed by atoms with Crippen LogP contribution in [0, 0.1) is 0 Å². The Morgan fingerprint density at radius 2 is 1.73 bits per heavy atom. The number of hydrogen-bond acceptors (Lipinski definition) is 4. The fourth-order valence-corrected chi connectivity index (χ4v) is 3.48. The third kappa shape index (κ3) is 4.33. The van der Waals surface area contributed by atoms with Crippen molar-refractivity contribution in [3.63, 3.8) is 0 Å². The first-order chi connectivity index (χ1) is 14.6. The molecule has 0 unspecified atom stereocenters. The minimum Gasteiger partial charge on any atom is -0.479 e. The van der Waals surface area contributed by atoms with E-state index in [0.717, 1.165) is 11.3 Å². The summed E-state index contributed by atoms with van der Waals surface area (Å²) in [5.74, 6) is 0.234. The summed E-state index contributed by atoms with van der Waals surface area (Å²) in [5.41, 5.74) is 2.43. The standard InChI is InChI=1S/C24H23N3O3/c1-18-24(29)27(21-12-5-6-13-22(21)30-18)17-23(28)26(15-19-9-3-2-4-10-19)16-20-11-7-8-14-25-20/h2-14,18H,15-17H2,1H3/t18-/m1/s1. The highest BCUT2D eigenvalue weighted by atomic mass is 16.5. The summed E-state index contributed by atoms with van der Waals surface area (Å²) in [5, 5.41) is 0. The minimum atomic E-state index is -0.633. The summed E-state index contributed by atoms with van der Waals surface area (Å²) >= 11 is 0. The first-order valence-corrected chi connectivity index (χ1v) is 9.90. The number of carbonyl (C=O) groups excluding carboxylic acids is 2. The Kier molecular flexibility index (Phi) is 5.75. The highest BCUT2D eigenvalue weighted by Gasteiger charge is 2.33. The monoisotopic (exact) mass is 401 g/mol. The number of aromatic nitrogens is 1. The predicted molar refractivity (Wildman–Crippen MR) is 114 cm³/mol. The van der Waals surface area contributed by atoms with E-state index in [9.17, 15) is 9.59 Å². The van der Waals surface area contributed by atoms with Gasteiger partial charge >= 0.3 is 0 Å². The maximum absolute atomic E-state index is 13.3. The molecule has 1 aliphatic rings. The molecule has 2 amide bonds. The molecule has 2 heterocycles. The molecule has 0 aliphatic carbocycles. The lowest BCUT2D eigenvalue weighted by Gasteiger charge is -2.34. The molecule has 30 heavy (non-hydrogen) atoms. The fraction of sp³-hybridized carbons (Fsp3) is 0.208. The van der Waals surface area contributed by atoms with Gasteiger partial charge in [0.25, 0.3) is 5.91 Å². The molecular formula is C24H23N3O3. The molecule has 152 valence electrons. The largest absolute Gasteiger partial charge is 0.479 e. The second-order valence-electron chi connectivity index (χ2n) is 7.21. The van der Waals surface area contributed by atoms with E-state index in [0.29, 0.717) is 24.5 Å². The van der Waals surface area contributed by atoms with E-state index in [-0.39, 0.29) is 18.4 Å². The van der Waals surface area contributed by atoms with E-state index in [1.807, 2.05) is 66.7 Å². The lowest BCUT2D eigenvalue weighted by atomic mass is 10.1. The van der Waals surface area contributed by atoms with E-state index >= 15 is 0 Å². The molecule has 0 radical (unpaired) electrons. The molecule has 1 aromatic heterocycles. The van der Waals surface area contributed by atoms with Crippen LogP contribution in [-0.2, 0) is 22.7 Å². The molecule has 0 spiro atoms. The van der Waals surface area contributed by atoms with E-state index in [2.05, 4.69) is 4.98 Å². The lowest BCUT2D eigenvalue weighted by Crippen LogP contribution is -2.49. The van der Waals surface area contributed by atoms with Crippen molar-refractivity contribution in [3.05, 3.63) is 90.3 Å². The number of ether oxygens (including phenoxy) is 1. The van der Waals surface area contributed by atoms with Gasteiger partial charge in [-0.05, 0) is 36.8 Å². The number of carbonyl (C=O) groups is 2. The van der Waals surface area contributed by atoms with Gasteiger partial charge in [-0.25, -0.2) is 0 Å². The molecule has 0 N–H and O–H groups in total. The summed E-state index contributed by atoms with van der Waals surface area (Å²) in [7, 11) is 0. The van der Waals surface area contributed by atoms with Crippen LogP contribution in [0.25, 0.3) is 0 Å². The number of pyridine rings is 1. The number of anilines is 1. The maximum atomic E-state index is 13.3. The molecule has 0 bridgehead atoms. The van der Waals surface area contributed by atoms with Gasteiger partial charge in [0.1, 0.15) is 12.3 Å². The van der Waals surface area contributed by atoms with E-state index in [4.69, 9.17) is 4.74 Å². The third-order valence-corrected chi connectivity index (χ3v) is 5.01. The lowest BCUT2D eigenvalue weighted by molar-refractivity contribution is -0.134. The Balaban J connectivity index is 1.59. The van der Waals surface area contributed by atoms with Crippen LogP contribution in [0.15, 0.2) is 79.0 Å². The smallest absolute Gasteiger partial charge is 0.268 e. The SMILES string of the molecule is C[C@H]1Oc2ccccc2N(CC(=O)N(Cc2ccccc2)Cc2ccccn2)C1=O. The van der Waals surface area contributed by atoms with Crippen molar-refractivity contribution in [2.45, 2.75) is 26.1 Å². The van der Waals surface area contributed by atoms with Gasteiger partial charge in [-0.1, -0.05) is 48.5 Å². The molecule has 0 saturated heterocycles. The third-order valence-electron chi connectivity index (χ3n) is 5.01. The molecule has 0 fully saturated rings.